The van der Waals surface area contributed by atoms with E-state index in [9.17, 15) is 9.59 Å². The minimum atomic E-state index is -0.567. The summed E-state index contributed by atoms with van der Waals surface area (Å²) in [7, 11) is 4.62. The highest BCUT2D eigenvalue weighted by atomic mass is 16.5. The van der Waals surface area contributed by atoms with E-state index in [1.54, 1.807) is 26.2 Å². The molecule has 6 heteroatoms. The molecule has 19 heavy (non-hydrogen) atoms. The number of aromatic nitrogens is 2. The summed E-state index contributed by atoms with van der Waals surface area (Å²) in [5.74, 6) is -0.567. The van der Waals surface area contributed by atoms with Crippen LogP contribution in [0.5, 0.6) is 0 Å². The van der Waals surface area contributed by atoms with Gasteiger partial charge in [-0.05, 0) is 17.7 Å². The lowest BCUT2D eigenvalue weighted by molar-refractivity contribution is 0.0594. The molecule has 1 heterocycles. The van der Waals surface area contributed by atoms with Crippen molar-refractivity contribution < 1.29 is 9.53 Å². The first-order valence-corrected chi connectivity index (χ1v) is 5.74. The molecule has 0 unspecified atom stereocenters. The maximum Gasteiger partial charge on any atom is 0.356 e. The van der Waals surface area contributed by atoms with Gasteiger partial charge in [0.2, 0.25) is 0 Å². The van der Waals surface area contributed by atoms with Crippen molar-refractivity contribution in [2.75, 3.05) is 19.5 Å². The Bertz CT molecular complexity index is 670. The normalized spacial score (nSPS) is 10.3. The van der Waals surface area contributed by atoms with Crippen molar-refractivity contribution in [3.63, 3.8) is 0 Å². The van der Waals surface area contributed by atoms with Crippen molar-refractivity contribution in [3.05, 3.63) is 40.3 Å². The van der Waals surface area contributed by atoms with Crippen molar-refractivity contribution in [1.29, 1.82) is 0 Å². The first-order valence-electron chi connectivity index (χ1n) is 5.74. The van der Waals surface area contributed by atoms with Crippen LogP contribution in [-0.4, -0.2) is 29.9 Å². The fraction of sp³-hybridized carbons (Fsp3) is 0.231. The van der Waals surface area contributed by atoms with Gasteiger partial charge in [-0.2, -0.15) is 0 Å². The minimum absolute atomic E-state index is 0.156. The van der Waals surface area contributed by atoms with E-state index in [0.717, 1.165) is 5.69 Å². The first-order chi connectivity index (χ1) is 9.08. The number of methoxy groups -OCH3 is 1. The molecule has 6 nitrogen and oxygen atoms in total. The molecule has 0 aliphatic rings. The van der Waals surface area contributed by atoms with Gasteiger partial charge in [-0.1, -0.05) is 12.1 Å². The maximum atomic E-state index is 12.1. The third kappa shape index (κ3) is 2.24. The van der Waals surface area contributed by atoms with E-state index in [2.05, 4.69) is 15.2 Å². The SMILES string of the molecule is CNc1cccc(-c2c(C(=O)OC)[nH]n(C)c2=O)c1. The topological polar surface area (TPSA) is 76.1 Å². The number of benzene rings is 1. The van der Waals surface area contributed by atoms with Gasteiger partial charge in [0.05, 0.1) is 12.7 Å². The molecule has 0 atom stereocenters. The zero-order valence-corrected chi connectivity index (χ0v) is 11.0. The molecule has 100 valence electrons. The van der Waals surface area contributed by atoms with E-state index in [1.165, 1.54) is 11.8 Å². The monoisotopic (exact) mass is 261 g/mol. The average Bonchev–Trinajstić information content (AvgIpc) is 2.74. The number of H-pyrrole nitrogens is 1. The fourth-order valence-electron chi connectivity index (χ4n) is 1.90. The summed E-state index contributed by atoms with van der Waals surface area (Å²) in [5.41, 5.74) is 1.72. The number of carbonyl (C=O) groups excluding carboxylic acids is 1. The Labute approximate surface area is 110 Å². The number of rotatable bonds is 3. The van der Waals surface area contributed by atoms with Crippen LogP contribution in [0.4, 0.5) is 5.69 Å². The van der Waals surface area contributed by atoms with Gasteiger partial charge in [-0.15, -0.1) is 0 Å². The summed E-state index contributed by atoms with van der Waals surface area (Å²) in [5, 5.41) is 5.70. The second-order valence-electron chi connectivity index (χ2n) is 4.05. The predicted molar refractivity (Wildman–Crippen MR) is 72.4 cm³/mol. The number of nitrogens with zero attached hydrogens (tertiary/aromatic N) is 1. The Balaban J connectivity index is 2.66. The molecule has 1 aromatic carbocycles. The highest BCUT2D eigenvalue weighted by Gasteiger charge is 2.21. The van der Waals surface area contributed by atoms with Gasteiger partial charge in [-0.25, -0.2) is 4.79 Å². The quantitative estimate of drug-likeness (QED) is 0.814. The third-order valence-corrected chi connectivity index (χ3v) is 2.88. The Kier molecular flexibility index (Phi) is 3.41. The summed E-state index contributed by atoms with van der Waals surface area (Å²) in [6.07, 6.45) is 0. The number of esters is 1. The Morgan fingerprint density at radius 2 is 2.16 bits per heavy atom. The summed E-state index contributed by atoms with van der Waals surface area (Å²) in [6.45, 7) is 0. The summed E-state index contributed by atoms with van der Waals surface area (Å²) in [6, 6.07) is 7.27. The zero-order chi connectivity index (χ0) is 14.0. The number of hydrogen-bond acceptors (Lipinski definition) is 4. The van der Waals surface area contributed by atoms with Crippen LogP contribution in [0, 0.1) is 0 Å². The van der Waals surface area contributed by atoms with Gasteiger partial charge in [-0.3, -0.25) is 14.6 Å². The van der Waals surface area contributed by atoms with Crippen molar-refractivity contribution in [2.45, 2.75) is 0 Å². The fourth-order valence-corrected chi connectivity index (χ4v) is 1.90. The average molecular weight is 261 g/mol. The third-order valence-electron chi connectivity index (χ3n) is 2.88. The molecule has 0 fully saturated rings. The molecule has 0 amide bonds. The van der Waals surface area contributed by atoms with Crippen LogP contribution in [0.15, 0.2) is 29.1 Å². The Hall–Kier alpha value is -2.50. The molecule has 0 radical (unpaired) electrons. The smallest absolute Gasteiger partial charge is 0.356 e. The summed E-state index contributed by atoms with van der Waals surface area (Å²) < 4.78 is 5.94. The van der Waals surface area contributed by atoms with E-state index >= 15 is 0 Å². The van der Waals surface area contributed by atoms with Crippen molar-refractivity contribution in [3.8, 4) is 11.1 Å². The molecule has 0 saturated heterocycles. The van der Waals surface area contributed by atoms with Crippen LogP contribution >= 0.6 is 0 Å². The lowest BCUT2D eigenvalue weighted by atomic mass is 10.1. The van der Waals surface area contributed by atoms with Crippen LogP contribution in [0.3, 0.4) is 0 Å². The van der Waals surface area contributed by atoms with E-state index in [-0.39, 0.29) is 11.3 Å². The van der Waals surface area contributed by atoms with Gasteiger partial charge >= 0.3 is 5.97 Å². The maximum absolute atomic E-state index is 12.1. The van der Waals surface area contributed by atoms with Gasteiger partial charge in [0.15, 0.2) is 5.69 Å². The summed E-state index contributed by atoms with van der Waals surface area (Å²) in [4.78, 5) is 23.8. The zero-order valence-electron chi connectivity index (χ0n) is 11.0. The number of carbonyl (C=O) groups is 1. The van der Waals surface area contributed by atoms with Gasteiger partial charge in [0.1, 0.15) is 0 Å². The van der Waals surface area contributed by atoms with E-state index in [1.807, 2.05) is 12.1 Å². The van der Waals surface area contributed by atoms with Gasteiger partial charge < -0.3 is 10.1 Å². The molecule has 0 saturated carbocycles. The van der Waals surface area contributed by atoms with E-state index < -0.39 is 5.97 Å². The highest BCUT2D eigenvalue weighted by molar-refractivity contribution is 5.95. The predicted octanol–water partition coefficient (Wildman–Crippen LogP) is 1.21. The second-order valence-corrected chi connectivity index (χ2v) is 4.05. The molecule has 2 N–H and O–H groups in total. The van der Waals surface area contributed by atoms with Crippen LogP contribution < -0.4 is 10.9 Å². The number of nitrogens with one attached hydrogen (secondary N) is 2. The lowest BCUT2D eigenvalue weighted by Crippen LogP contribution is -2.13. The van der Waals surface area contributed by atoms with E-state index in [0.29, 0.717) is 11.1 Å². The first kappa shape index (κ1) is 12.9. The Morgan fingerprint density at radius 3 is 2.79 bits per heavy atom. The largest absolute Gasteiger partial charge is 0.464 e. The molecule has 0 aliphatic carbocycles. The highest BCUT2D eigenvalue weighted by Crippen LogP contribution is 2.22. The molecule has 2 aromatic rings. The van der Waals surface area contributed by atoms with Gasteiger partial charge in [0.25, 0.3) is 5.56 Å². The molecule has 0 spiro atoms. The number of aryl methyl sites for hydroxylation is 1. The van der Waals surface area contributed by atoms with Crippen molar-refractivity contribution in [1.82, 2.24) is 9.78 Å². The number of hydrogen-bond donors (Lipinski definition) is 2. The molecule has 2 rings (SSSR count). The van der Waals surface area contributed by atoms with E-state index in [4.69, 9.17) is 0 Å². The number of anilines is 1. The standard InChI is InChI=1S/C13H15N3O3/c1-14-9-6-4-5-8(7-9)10-11(13(18)19-3)15-16(2)12(10)17/h4-7,14-15H,1-3H3. The molecule has 1 aromatic heterocycles. The summed E-state index contributed by atoms with van der Waals surface area (Å²) >= 11 is 0. The van der Waals surface area contributed by atoms with Crippen LogP contribution in [0.2, 0.25) is 0 Å². The van der Waals surface area contributed by atoms with Gasteiger partial charge in [0, 0.05) is 19.8 Å². The molecule has 0 bridgehead atoms. The molecular weight excluding hydrogens is 246 g/mol. The number of aromatic amines is 1. The Morgan fingerprint density at radius 1 is 1.42 bits per heavy atom. The molecular formula is C13H15N3O3. The minimum Gasteiger partial charge on any atom is -0.464 e. The van der Waals surface area contributed by atoms with Crippen LogP contribution in [0.1, 0.15) is 10.5 Å². The van der Waals surface area contributed by atoms with Crippen LogP contribution in [-0.2, 0) is 11.8 Å². The van der Waals surface area contributed by atoms with Crippen molar-refractivity contribution in [2.24, 2.45) is 7.05 Å². The van der Waals surface area contributed by atoms with Crippen LogP contribution in [0.25, 0.3) is 11.1 Å². The number of ether oxygens (including phenoxy) is 1. The lowest BCUT2D eigenvalue weighted by Gasteiger charge is -2.04. The molecule has 0 aliphatic heterocycles. The van der Waals surface area contributed by atoms with Crippen molar-refractivity contribution >= 4 is 11.7 Å². The second kappa shape index (κ2) is 5.01.